The van der Waals surface area contributed by atoms with E-state index < -0.39 is 0 Å². The summed E-state index contributed by atoms with van der Waals surface area (Å²) in [7, 11) is 0. The zero-order chi connectivity index (χ0) is 17.8. The van der Waals surface area contributed by atoms with Gasteiger partial charge in [-0.1, -0.05) is 30.3 Å². The monoisotopic (exact) mass is 351 g/mol. The first kappa shape index (κ1) is 16.5. The Morgan fingerprint density at radius 2 is 2.19 bits per heavy atom. The molecule has 0 spiro atoms. The third kappa shape index (κ3) is 3.83. The van der Waals surface area contributed by atoms with E-state index in [4.69, 9.17) is 4.74 Å². The first-order chi connectivity index (χ1) is 12.8. The van der Waals surface area contributed by atoms with Gasteiger partial charge < -0.3 is 10.1 Å². The molecule has 1 aromatic carbocycles. The van der Waals surface area contributed by atoms with Crippen LogP contribution >= 0.6 is 0 Å². The predicted molar refractivity (Wildman–Crippen MR) is 97.8 cm³/mol. The lowest BCUT2D eigenvalue weighted by atomic mass is 10.1. The van der Waals surface area contributed by atoms with Crippen molar-refractivity contribution in [2.45, 2.75) is 31.9 Å². The Morgan fingerprint density at radius 1 is 1.31 bits per heavy atom. The first-order valence-electron chi connectivity index (χ1n) is 8.84. The van der Waals surface area contributed by atoms with Crippen molar-refractivity contribution in [2.75, 3.05) is 11.9 Å². The van der Waals surface area contributed by atoms with Gasteiger partial charge in [0, 0.05) is 18.4 Å². The van der Waals surface area contributed by atoms with Crippen molar-refractivity contribution in [1.82, 2.24) is 20.0 Å². The van der Waals surface area contributed by atoms with E-state index >= 15 is 0 Å². The van der Waals surface area contributed by atoms with Crippen LogP contribution in [0.3, 0.4) is 0 Å². The van der Waals surface area contributed by atoms with Crippen LogP contribution in [0.15, 0.2) is 48.8 Å². The summed E-state index contributed by atoms with van der Waals surface area (Å²) < 4.78 is 7.54. The van der Waals surface area contributed by atoms with Crippen LogP contribution in [0.4, 0.5) is 5.69 Å². The number of anilines is 1. The average Bonchev–Trinajstić information content (AvgIpc) is 3.33. The van der Waals surface area contributed by atoms with Crippen LogP contribution in [-0.4, -0.2) is 38.6 Å². The van der Waals surface area contributed by atoms with Crippen LogP contribution in [0, 0.1) is 0 Å². The number of ether oxygens (including phenoxy) is 1. The number of aromatic nitrogens is 4. The summed E-state index contributed by atoms with van der Waals surface area (Å²) in [6, 6.07) is 11.5. The standard InChI is InChI=1S/C19H21N5O2/c25-19(18-10-17(22-23-18)14-6-2-1-3-7-14)21-15-11-20-24(12-15)13-16-8-4-5-9-26-16/h1-3,6-7,10-12,16H,4-5,8-9,13H2,(H,21,25)(H,22,23). The summed E-state index contributed by atoms with van der Waals surface area (Å²) in [5.41, 5.74) is 2.76. The van der Waals surface area contributed by atoms with Gasteiger partial charge in [-0.25, -0.2) is 0 Å². The van der Waals surface area contributed by atoms with Crippen LogP contribution in [0.5, 0.6) is 0 Å². The van der Waals surface area contributed by atoms with Gasteiger partial charge in [0.15, 0.2) is 0 Å². The molecule has 1 fully saturated rings. The van der Waals surface area contributed by atoms with Crippen LogP contribution in [0.1, 0.15) is 29.8 Å². The van der Waals surface area contributed by atoms with Crippen LogP contribution in [0.25, 0.3) is 11.3 Å². The molecule has 0 aliphatic carbocycles. The van der Waals surface area contributed by atoms with Gasteiger partial charge in [0.1, 0.15) is 5.69 Å². The number of benzene rings is 1. The van der Waals surface area contributed by atoms with Gasteiger partial charge in [-0.3, -0.25) is 14.6 Å². The van der Waals surface area contributed by atoms with E-state index in [-0.39, 0.29) is 12.0 Å². The van der Waals surface area contributed by atoms with Gasteiger partial charge in [0.2, 0.25) is 0 Å². The van der Waals surface area contributed by atoms with E-state index in [1.165, 1.54) is 6.42 Å². The molecule has 134 valence electrons. The van der Waals surface area contributed by atoms with E-state index in [0.29, 0.717) is 17.9 Å². The van der Waals surface area contributed by atoms with Gasteiger partial charge in [-0.05, 0) is 25.3 Å². The predicted octanol–water partition coefficient (Wildman–Crippen LogP) is 3.09. The molecule has 3 heterocycles. The number of carbonyl (C=O) groups is 1. The number of aromatic amines is 1. The van der Waals surface area contributed by atoms with Gasteiger partial charge >= 0.3 is 0 Å². The molecule has 1 saturated heterocycles. The maximum Gasteiger partial charge on any atom is 0.273 e. The van der Waals surface area contributed by atoms with E-state index in [1.54, 1.807) is 12.3 Å². The number of hydrogen-bond acceptors (Lipinski definition) is 4. The molecule has 3 aromatic rings. The topological polar surface area (TPSA) is 84.8 Å². The number of carbonyl (C=O) groups excluding carboxylic acids is 1. The quantitative estimate of drug-likeness (QED) is 0.740. The molecule has 2 N–H and O–H groups in total. The third-order valence-electron chi connectivity index (χ3n) is 4.45. The van der Waals surface area contributed by atoms with Crippen LogP contribution in [-0.2, 0) is 11.3 Å². The average molecular weight is 351 g/mol. The second kappa shape index (κ2) is 7.53. The molecule has 1 amide bonds. The lowest BCUT2D eigenvalue weighted by Gasteiger charge is -2.22. The fourth-order valence-electron chi connectivity index (χ4n) is 3.08. The molecule has 4 rings (SSSR count). The Morgan fingerprint density at radius 3 is 3.00 bits per heavy atom. The van der Waals surface area contributed by atoms with Crippen molar-refractivity contribution >= 4 is 11.6 Å². The minimum Gasteiger partial charge on any atom is -0.376 e. The van der Waals surface area contributed by atoms with Crippen molar-refractivity contribution in [3.63, 3.8) is 0 Å². The highest BCUT2D eigenvalue weighted by atomic mass is 16.5. The largest absolute Gasteiger partial charge is 0.376 e. The molecule has 0 radical (unpaired) electrons. The van der Waals surface area contributed by atoms with Gasteiger partial charge in [-0.15, -0.1) is 0 Å². The van der Waals surface area contributed by atoms with Crippen LogP contribution < -0.4 is 5.32 Å². The minimum atomic E-state index is -0.242. The zero-order valence-electron chi connectivity index (χ0n) is 14.4. The molecule has 1 unspecified atom stereocenters. The Hall–Kier alpha value is -2.93. The number of H-pyrrole nitrogens is 1. The molecule has 26 heavy (non-hydrogen) atoms. The minimum absolute atomic E-state index is 0.202. The molecule has 7 heteroatoms. The van der Waals surface area contributed by atoms with Crippen molar-refractivity contribution in [2.24, 2.45) is 0 Å². The zero-order valence-corrected chi connectivity index (χ0v) is 14.4. The lowest BCUT2D eigenvalue weighted by Crippen LogP contribution is -2.24. The van der Waals surface area contributed by atoms with E-state index in [9.17, 15) is 4.79 Å². The van der Waals surface area contributed by atoms with Crippen molar-refractivity contribution in [3.8, 4) is 11.3 Å². The van der Waals surface area contributed by atoms with Crippen molar-refractivity contribution in [3.05, 3.63) is 54.5 Å². The molecule has 2 aromatic heterocycles. The number of nitrogens with one attached hydrogen (secondary N) is 2. The Bertz CT molecular complexity index is 865. The lowest BCUT2D eigenvalue weighted by molar-refractivity contribution is 0.00401. The highest BCUT2D eigenvalue weighted by Crippen LogP contribution is 2.18. The normalized spacial score (nSPS) is 17.2. The molecule has 0 bridgehead atoms. The fraction of sp³-hybridized carbons (Fsp3) is 0.316. The highest BCUT2D eigenvalue weighted by molar-refractivity contribution is 6.03. The van der Waals surface area contributed by atoms with Crippen molar-refractivity contribution in [1.29, 1.82) is 0 Å². The van der Waals surface area contributed by atoms with E-state index in [1.807, 2.05) is 41.2 Å². The summed E-state index contributed by atoms with van der Waals surface area (Å²) in [6.45, 7) is 1.52. The van der Waals surface area contributed by atoms with E-state index in [2.05, 4.69) is 20.6 Å². The summed E-state index contributed by atoms with van der Waals surface area (Å²) in [5, 5.41) is 14.1. The summed E-state index contributed by atoms with van der Waals surface area (Å²) in [6.07, 6.45) is 7.05. The molecule has 1 atom stereocenters. The van der Waals surface area contributed by atoms with Gasteiger partial charge in [0.25, 0.3) is 5.91 Å². The number of nitrogens with zero attached hydrogens (tertiary/aromatic N) is 3. The molecular weight excluding hydrogens is 330 g/mol. The SMILES string of the molecule is O=C(Nc1cnn(CC2CCCCO2)c1)c1cc(-c2ccccc2)n[nH]1. The molecule has 0 saturated carbocycles. The Labute approximate surface area is 151 Å². The molecule has 1 aliphatic rings. The second-order valence-corrected chi connectivity index (χ2v) is 6.43. The number of amides is 1. The highest BCUT2D eigenvalue weighted by Gasteiger charge is 2.16. The van der Waals surface area contributed by atoms with E-state index in [0.717, 1.165) is 30.7 Å². The maximum absolute atomic E-state index is 12.4. The van der Waals surface area contributed by atoms with Crippen LogP contribution in [0.2, 0.25) is 0 Å². The van der Waals surface area contributed by atoms with Crippen molar-refractivity contribution < 1.29 is 9.53 Å². The molecule has 7 nitrogen and oxygen atoms in total. The summed E-state index contributed by atoms with van der Waals surface area (Å²) in [5.74, 6) is -0.242. The second-order valence-electron chi connectivity index (χ2n) is 6.43. The fourth-order valence-corrected chi connectivity index (χ4v) is 3.08. The van der Waals surface area contributed by atoms with Gasteiger partial charge in [-0.2, -0.15) is 10.2 Å². The smallest absolute Gasteiger partial charge is 0.273 e. The molecule has 1 aliphatic heterocycles. The summed E-state index contributed by atoms with van der Waals surface area (Å²) in [4.78, 5) is 12.4. The molecular formula is C19H21N5O2. The number of rotatable bonds is 5. The maximum atomic E-state index is 12.4. The van der Waals surface area contributed by atoms with Gasteiger partial charge in [0.05, 0.1) is 30.2 Å². The number of hydrogen-bond donors (Lipinski definition) is 2. The Balaban J connectivity index is 1.38. The Kier molecular flexibility index (Phi) is 4.79. The third-order valence-corrected chi connectivity index (χ3v) is 4.45. The summed E-state index contributed by atoms with van der Waals surface area (Å²) >= 11 is 0. The first-order valence-corrected chi connectivity index (χ1v) is 8.84.